The van der Waals surface area contributed by atoms with Crippen LogP contribution in [-0.2, 0) is 0 Å². The predicted molar refractivity (Wildman–Crippen MR) is 115 cm³/mol. The van der Waals surface area contributed by atoms with Crippen molar-refractivity contribution in [3.8, 4) is 11.5 Å². The lowest BCUT2D eigenvalue weighted by atomic mass is 9.98. The number of rotatable bonds is 12. The molecule has 0 saturated carbocycles. The van der Waals surface area contributed by atoms with Gasteiger partial charge in [0.25, 0.3) is 0 Å². The second kappa shape index (κ2) is 11.5. The molecule has 2 rings (SSSR count). The number of unbranched alkanes of at least 4 members (excludes halogenated alkanes) is 1. The topological polar surface area (TPSA) is 30.5 Å². The second-order valence-corrected chi connectivity index (χ2v) is 7.07. The molecule has 0 spiro atoms. The lowest BCUT2D eigenvalue weighted by Crippen LogP contribution is -2.26. The maximum Gasteiger partial charge on any atom is 0.142 e. The van der Waals surface area contributed by atoms with Crippen LogP contribution < -0.4 is 14.8 Å². The van der Waals surface area contributed by atoms with Crippen molar-refractivity contribution in [3.05, 3.63) is 54.1 Å². The zero-order chi connectivity index (χ0) is 19.5. The number of hydrogen-bond acceptors (Lipinski definition) is 3. The molecule has 2 aromatic rings. The van der Waals surface area contributed by atoms with Gasteiger partial charge in [0.05, 0.1) is 18.8 Å². The summed E-state index contributed by atoms with van der Waals surface area (Å²) < 4.78 is 12.3. The summed E-state index contributed by atoms with van der Waals surface area (Å²) in [5.41, 5.74) is 2.33. The van der Waals surface area contributed by atoms with Gasteiger partial charge in [-0.05, 0) is 48.9 Å². The predicted octanol–water partition coefficient (Wildman–Crippen LogP) is 6.65. The number of para-hydroxylation sites is 3. The third-order valence-electron chi connectivity index (χ3n) is 4.97. The number of benzene rings is 2. The van der Waals surface area contributed by atoms with Gasteiger partial charge in [0, 0.05) is 0 Å². The van der Waals surface area contributed by atoms with Crippen LogP contribution in [0.3, 0.4) is 0 Å². The van der Waals surface area contributed by atoms with E-state index in [0.717, 1.165) is 56.0 Å². The summed E-state index contributed by atoms with van der Waals surface area (Å²) in [7, 11) is 0. The van der Waals surface area contributed by atoms with Gasteiger partial charge in [-0.25, -0.2) is 0 Å². The fraction of sp³-hybridized carbons (Fsp3) is 0.500. The van der Waals surface area contributed by atoms with E-state index in [2.05, 4.69) is 63.3 Å². The van der Waals surface area contributed by atoms with Gasteiger partial charge in [-0.1, -0.05) is 64.4 Å². The molecule has 0 heterocycles. The van der Waals surface area contributed by atoms with Crippen molar-refractivity contribution >= 4 is 5.69 Å². The zero-order valence-corrected chi connectivity index (χ0v) is 17.3. The van der Waals surface area contributed by atoms with E-state index >= 15 is 0 Å². The highest BCUT2D eigenvalue weighted by Crippen LogP contribution is 2.30. The molecule has 0 aliphatic carbocycles. The molecule has 1 N–H and O–H groups in total. The second-order valence-electron chi connectivity index (χ2n) is 7.07. The molecule has 2 unspecified atom stereocenters. The van der Waals surface area contributed by atoms with Crippen molar-refractivity contribution in [1.29, 1.82) is 0 Å². The highest BCUT2D eigenvalue weighted by Gasteiger charge is 2.14. The van der Waals surface area contributed by atoms with Gasteiger partial charge in [0.2, 0.25) is 0 Å². The first-order chi connectivity index (χ1) is 13.2. The highest BCUT2D eigenvalue weighted by molar-refractivity contribution is 5.56. The average molecular weight is 370 g/mol. The van der Waals surface area contributed by atoms with Crippen LogP contribution >= 0.6 is 0 Å². The van der Waals surface area contributed by atoms with Gasteiger partial charge >= 0.3 is 0 Å². The first kappa shape index (κ1) is 21.1. The molecule has 0 saturated heterocycles. The Hall–Kier alpha value is -2.16. The van der Waals surface area contributed by atoms with Gasteiger partial charge in [0.15, 0.2) is 0 Å². The van der Waals surface area contributed by atoms with Crippen LogP contribution in [0.4, 0.5) is 5.69 Å². The minimum absolute atomic E-state index is 0.110. The van der Waals surface area contributed by atoms with Gasteiger partial charge in [-0.15, -0.1) is 0 Å². The maximum absolute atomic E-state index is 6.37. The lowest BCUT2D eigenvalue weighted by molar-refractivity contribution is 0.207. The van der Waals surface area contributed by atoms with E-state index in [-0.39, 0.29) is 6.10 Å². The van der Waals surface area contributed by atoms with Crippen molar-refractivity contribution in [1.82, 2.24) is 0 Å². The molecule has 0 aromatic heterocycles. The summed E-state index contributed by atoms with van der Waals surface area (Å²) in [6, 6.07) is 16.6. The summed E-state index contributed by atoms with van der Waals surface area (Å²) in [6.45, 7) is 10.3. The smallest absolute Gasteiger partial charge is 0.142 e. The molecule has 0 aliphatic heterocycles. The Morgan fingerprint density at radius 1 is 0.889 bits per heavy atom. The summed E-state index contributed by atoms with van der Waals surface area (Å²) in [5.74, 6) is 2.42. The number of anilines is 1. The van der Waals surface area contributed by atoms with Crippen LogP contribution in [0.25, 0.3) is 0 Å². The normalized spacial score (nSPS) is 13.0. The summed E-state index contributed by atoms with van der Waals surface area (Å²) in [5, 5.41) is 3.52. The van der Waals surface area contributed by atoms with Crippen molar-refractivity contribution in [2.24, 2.45) is 0 Å². The molecule has 0 radical (unpaired) electrons. The van der Waals surface area contributed by atoms with Crippen LogP contribution in [0.1, 0.15) is 64.9 Å². The van der Waals surface area contributed by atoms with Crippen LogP contribution in [0.2, 0.25) is 0 Å². The van der Waals surface area contributed by atoms with Crippen molar-refractivity contribution < 1.29 is 9.47 Å². The molecule has 0 amide bonds. The van der Waals surface area contributed by atoms with Crippen LogP contribution in [0.15, 0.2) is 48.5 Å². The fourth-order valence-electron chi connectivity index (χ4n) is 2.95. The van der Waals surface area contributed by atoms with E-state index in [9.17, 15) is 0 Å². The summed E-state index contributed by atoms with van der Waals surface area (Å²) >= 11 is 0. The maximum atomic E-state index is 6.37. The molecular formula is C24H35NO2. The minimum atomic E-state index is 0.110. The van der Waals surface area contributed by atoms with Crippen molar-refractivity contribution in [2.75, 3.05) is 18.5 Å². The zero-order valence-electron chi connectivity index (χ0n) is 17.3. The Balaban J connectivity index is 2.01. The third kappa shape index (κ3) is 6.50. The Bertz CT molecular complexity index is 671. The fourth-order valence-corrected chi connectivity index (χ4v) is 2.95. The monoisotopic (exact) mass is 369 g/mol. The Kier molecular flexibility index (Phi) is 9.03. The van der Waals surface area contributed by atoms with Gasteiger partial charge in [-0.3, -0.25) is 0 Å². The average Bonchev–Trinajstić information content (AvgIpc) is 2.71. The largest absolute Gasteiger partial charge is 0.491 e. The molecule has 3 nitrogen and oxygen atoms in total. The van der Waals surface area contributed by atoms with Crippen molar-refractivity contribution in [3.63, 3.8) is 0 Å². The van der Waals surface area contributed by atoms with Crippen LogP contribution in [0.5, 0.6) is 11.5 Å². The quantitative estimate of drug-likeness (QED) is 0.425. The summed E-state index contributed by atoms with van der Waals surface area (Å²) in [6.07, 6.45) is 4.37. The van der Waals surface area contributed by atoms with E-state index in [1.54, 1.807) is 0 Å². The molecule has 2 aromatic carbocycles. The first-order valence-electron chi connectivity index (χ1n) is 10.4. The Morgan fingerprint density at radius 3 is 2.30 bits per heavy atom. The lowest BCUT2D eigenvalue weighted by Gasteiger charge is -2.23. The molecule has 0 bridgehead atoms. The molecule has 27 heavy (non-hydrogen) atoms. The molecule has 0 aliphatic rings. The number of hydrogen-bond donors (Lipinski definition) is 1. The Labute approximate surface area is 165 Å². The third-order valence-corrected chi connectivity index (χ3v) is 4.97. The minimum Gasteiger partial charge on any atom is -0.491 e. The van der Waals surface area contributed by atoms with E-state index in [4.69, 9.17) is 9.47 Å². The molecule has 2 atom stereocenters. The molecule has 3 heteroatoms. The van der Waals surface area contributed by atoms with E-state index in [1.807, 2.05) is 18.2 Å². The molecular weight excluding hydrogens is 334 g/mol. The highest BCUT2D eigenvalue weighted by atomic mass is 16.5. The van der Waals surface area contributed by atoms with Gasteiger partial charge < -0.3 is 14.8 Å². The number of nitrogens with one attached hydrogen (secondary N) is 1. The summed E-state index contributed by atoms with van der Waals surface area (Å²) in [4.78, 5) is 0. The van der Waals surface area contributed by atoms with E-state index in [1.165, 1.54) is 5.56 Å². The number of ether oxygens (including phenoxy) is 2. The van der Waals surface area contributed by atoms with Crippen molar-refractivity contribution in [2.45, 2.75) is 65.4 Å². The van der Waals surface area contributed by atoms with Gasteiger partial charge in [-0.2, -0.15) is 0 Å². The van der Waals surface area contributed by atoms with E-state index < -0.39 is 0 Å². The standard InChI is InChI=1S/C24H35NO2/c1-5-8-17-26-24-16-12-10-14-22(24)25-18-20(7-3)27-23-15-11-9-13-21(23)19(4)6-2/h9-16,19-20,25H,5-8,17-18H2,1-4H3. The first-order valence-corrected chi connectivity index (χ1v) is 10.4. The Morgan fingerprint density at radius 2 is 1.59 bits per heavy atom. The molecule has 0 fully saturated rings. The van der Waals surface area contributed by atoms with E-state index in [0.29, 0.717) is 5.92 Å². The molecule has 148 valence electrons. The van der Waals surface area contributed by atoms with Gasteiger partial charge in [0.1, 0.15) is 17.6 Å². The van der Waals surface area contributed by atoms with Crippen LogP contribution in [-0.4, -0.2) is 19.3 Å². The SMILES string of the molecule is CCCCOc1ccccc1NCC(CC)Oc1ccccc1C(C)CC. The van der Waals surface area contributed by atoms with Crippen LogP contribution in [0, 0.1) is 0 Å².